The lowest BCUT2D eigenvalue weighted by Crippen LogP contribution is -2.62. The Labute approximate surface area is 232 Å². The molecular weight excluding hydrogens is 514 g/mol. The molecule has 1 heterocycles. The second-order valence-corrected chi connectivity index (χ2v) is 12.4. The molecule has 1 unspecified atom stereocenters. The van der Waals surface area contributed by atoms with Gasteiger partial charge in [-0.3, -0.25) is 10.3 Å². The van der Waals surface area contributed by atoms with Gasteiger partial charge in [-0.25, -0.2) is 28.6 Å². The normalized spacial score (nSPS) is 23.0. The maximum Gasteiger partial charge on any atom is 0.241 e. The van der Waals surface area contributed by atoms with Gasteiger partial charge in [0.25, 0.3) is 0 Å². The molecule has 1 saturated carbocycles. The average Bonchev–Trinajstić information content (AvgIpc) is 2.94. The van der Waals surface area contributed by atoms with Gasteiger partial charge in [0.05, 0.1) is 11.2 Å². The van der Waals surface area contributed by atoms with E-state index in [0.717, 1.165) is 55.4 Å². The molecule has 11 heteroatoms. The first-order chi connectivity index (χ1) is 18.9. The fraction of sp³-hybridized carbons (Fsp3) is 0.571. The van der Waals surface area contributed by atoms with E-state index < -0.39 is 10.0 Å². The van der Waals surface area contributed by atoms with Gasteiger partial charge in [-0.05, 0) is 69.2 Å². The summed E-state index contributed by atoms with van der Waals surface area (Å²) in [4.78, 5) is 9.64. The van der Waals surface area contributed by atoms with Crippen molar-refractivity contribution in [2.75, 3.05) is 33.4 Å². The van der Waals surface area contributed by atoms with Crippen LogP contribution in [0.3, 0.4) is 0 Å². The molecule has 2 aliphatic rings. The average molecular weight is 558 g/mol. The van der Waals surface area contributed by atoms with E-state index >= 15 is 0 Å². The number of guanidine groups is 1. The minimum absolute atomic E-state index is 0.224. The molecule has 0 amide bonds. The number of fused-ring (bicyclic) bond motifs is 1. The Bertz CT molecular complexity index is 1220. The highest BCUT2D eigenvalue weighted by Gasteiger charge is 2.28. The van der Waals surface area contributed by atoms with E-state index in [9.17, 15) is 8.42 Å². The van der Waals surface area contributed by atoms with Crippen LogP contribution < -0.4 is 20.8 Å². The third kappa shape index (κ3) is 8.21. The monoisotopic (exact) mass is 557 g/mol. The highest BCUT2D eigenvalue weighted by atomic mass is 32.2. The van der Waals surface area contributed by atoms with Gasteiger partial charge in [0, 0.05) is 44.8 Å². The predicted octanol–water partition coefficient (Wildman–Crippen LogP) is 3.04. The van der Waals surface area contributed by atoms with Crippen LogP contribution in [0, 0.1) is 11.8 Å². The molecule has 214 valence electrons. The smallest absolute Gasteiger partial charge is 0.241 e. The molecule has 0 aromatic heterocycles. The SMILES string of the molecule is COCCCN=C1NC=NC(NCC2CCC(CNS(=O)(=O)c3cccc4ccccc34)CC2)N1NC(C)C. The van der Waals surface area contributed by atoms with E-state index in [4.69, 9.17) is 9.73 Å². The summed E-state index contributed by atoms with van der Waals surface area (Å²) in [6, 6.07) is 13.2. The van der Waals surface area contributed by atoms with Crippen LogP contribution in [0.25, 0.3) is 10.8 Å². The number of hydrogen-bond donors (Lipinski definition) is 4. The van der Waals surface area contributed by atoms with Gasteiger partial charge in [0.15, 0.2) is 6.29 Å². The topological polar surface area (TPSA) is 119 Å². The number of rotatable bonds is 13. The van der Waals surface area contributed by atoms with Crippen LogP contribution in [0.5, 0.6) is 0 Å². The van der Waals surface area contributed by atoms with Crippen LogP contribution in [0.15, 0.2) is 57.3 Å². The quantitative estimate of drug-likeness (QED) is 0.280. The number of ether oxygens (including phenoxy) is 1. The molecule has 1 aliphatic heterocycles. The Morgan fingerprint density at radius 2 is 1.79 bits per heavy atom. The van der Waals surface area contributed by atoms with Crippen LogP contribution in [0.2, 0.25) is 0 Å². The van der Waals surface area contributed by atoms with E-state index in [1.807, 2.05) is 35.3 Å². The summed E-state index contributed by atoms with van der Waals surface area (Å²) in [5.41, 5.74) is 3.44. The Balaban J connectivity index is 1.26. The lowest BCUT2D eigenvalue weighted by molar-refractivity contribution is 0.158. The van der Waals surface area contributed by atoms with E-state index in [-0.39, 0.29) is 12.3 Å². The van der Waals surface area contributed by atoms with E-state index in [2.05, 4.69) is 39.6 Å². The first-order valence-electron chi connectivity index (χ1n) is 13.9. The van der Waals surface area contributed by atoms with Crippen molar-refractivity contribution in [1.29, 1.82) is 0 Å². The largest absolute Gasteiger partial charge is 0.385 e. The summed E-state index contributed by atoms with van der Waals surface area (Å²) in [6.45, 7) is 6.84. The second-order valence-electron chi connectivity index (χ2n) is 10.6. The summed E-state index contributed by atoms with van der Waals surface area (Å²) in [7, 11) is -1.87. The Morgan fingerprint density at radius 3 is 2.54 bits per heavy atom. The first-order valence-corrected chi connectivity index (χ1v) is 15.4. The molecule has 0 spiro atoms. The zero-order chi connectivity index (χ0) is 27.7. The van der Waals surface area contributed by atoms with Crippen molar-refractivity contribution >= 4 is 33.1 Å². The highest BCUT2D eigenvalue weighted by Crippen LogP contribution is 2.29. The number of aliphatic imine (C=N–C) groups is 2. The lowest BCUT2D eigenvalue weighted by Gasteiger charge is -2.37. The van der Waals surface area contributed by atoms with Gasteiger partial charge < -0.3 is 10.1 Å². The Kier molecular flexibility index (Phi) is 10.7. The molecule has 0 radical (unpaired) electrons. The van der Waals surface area contributed by atoms with Gasteiger partial charge in [-0.2, -0.15) is 0 Å². The standard InChI is InChI=1S/C28H43N7O3S/c1-21(2)34-35-27(29-16-7-17-38-3)31-20-32-28(35)30-18-22-12-14-23(15-13-22)19-33-39(36,37)26-11-6-9-24-8-4-5-10-25(24)26/h4-6,8-11,20-23,28,30,33-34H,7,12-19H2,1-3H3,(H,29,31,32). The number of nitrogens with one attached hydrogen (secondary N) is 4. The molecule has 2 aromatic carbocycles. The molecule has 10 nitrogen and oxygen atoms in total. The summed E-state index contributed by atoms with van der Waals surface area (Å²) in [6.07, 6.45) is 6.41. The molecule has 2 aromatic rings. The number of methoxy groups -OCH3 is 1. The highest BCUT2D eigenvalue weighted by molar-refractivity contribution is 7.89. The molecular formula is C28H43N7O3S. The van der Waals surface area contributed by atoms with Gasteiger partial charge in [0.2, 0.25) is 16.0 Å². The van der Waals surface area contributed by atoms with Crippen molar-refractivity contribution < 1.29 is 13.2 Å². The summed E-state index contributed by atoms with van der Waals surface area (Å²) < 4.78 is 34.2. The third-order valence-electron chi connectivity index (χ3n) is 7.20. The van der Waals surface area contributed by atoms with Gasteiger partial charge >= 0.3 is 0 Å². The fourth-order valence-corrected chi connectivity index (χ4v) is 6.48. The maximum atomic E-state index is 13.1. The minimum Gasteiger partial charge on any atom is -0.385 e. The Morgan fingerprint density at radius 1 is 1.08 bits per heavy atom. The third-order valence-corrected chi connectivity index (χ3v) is 8.69. The molecule has 1 fully saturated rings. The lowest BCUT2D eigenvalue weighted by atomic mass is 9.82. The Hall–Kier alpha value is -2.57. The predicted molar refractivity (Wildman–Crippen MR) is 157 cm³/mol. The summed E-state index contributed by atoms with van der Waals surface area (Å²) in [5, 5.41) is 10.4. The van der Waals surface area contributed by atoms with Crippen molar-refractivity contribution in [2.45, 2.75) is 63.2 Å². The van der Waals surface area contributed by atoms with Crippen molar-refractivity contribution in [3.8, 4) is 0 Å². The van der Waals surface area contributed by atoms with Crippen molar-refractivity contribution in [1.82, 2.24) is 25.8 Å². The molecule has 4 N–H and O–H groups in total. The van der Waals surface area contributed by atoms with Crippen molar-refractivity contribution in [3.05, 3.63) is 42.5 Å². The molecule has 39 heavy (non-hydrogen) atoms. The fourth-order valence-electron chi connectivity index (χ4n) is 5.13. The summed E-state index contributed by atoms with van der Waals surface area (Å²) >= 11 is 0. The zero-order valence-corrected chi connectivity index (χ0v) is 24.1. The van der Waals surface area contributed by atoms with Crippen LogP contribution >= 0.6 is 0 Å². The number of hydrazine groups is 1. The second kappa shape index (κ2) is 14.2. The molecule has 1 aliphatic carbocycles. The van der Waals surface area contributed by atoms with E-state index in [1.54, 1.807) is 25.6 Å². The summed E-state index contributed by atoms with van der Waals surface area (Å²) in [5.74, 6) is 1.60. The van der Waals surface area contributed by atoms with Gasteiger partial charge in [-0.1, -0.05) is 36.4 Å². The van der Waals surface area contributed by atoms with Crippen LogP contribution in [0.1, 0.15) is 46.0 Å². The molecule has 0 saturated heterocycles. The van der Waals surface area contributed by atoms with Gasteiger partial charge in [0.1, 0.15) is 0 Å². The maximum absolute atomic E-state index is 13.1. The van der Waals surface area contributed by atoms with Crippen LogP contribution in [-0.4, -0.2) is 71.4 Å². The number of benzene rings is 2. The molecule has 1 atom stereocenters. The minimum atomic E-state index is -3.57. The molecule has 4 rings (SSSR count). The number of nitrogens with zero attached hydrogens (tertiary/aromatic N) is 3. The van der Waals surface area contributed by atoms with E-state index in [1.165, 1.54) is 0 Å². The van der Waals surface area contributed by atoms with E-state index in [0.29, 0.717) is 36.4 Å². The first kappa shape index (κ1) is 29.4. The van der Waals surface area contributed by atoms with Crippen LogP contribution in [-0.2, 0) is 14.8 Å². The van der Waals surface area contributed by atoms with Gasteiger partial charge in [-0.15, -0.1) is 0 Å². The van der Waals surface area contributed by atoms with Crippen molar-refractivity contribution in [3.63, 3.8) is 0 Å². The van der Waals surface area contributed by atoms with Crippen molar-refractivity contribution in [2.24, 2.45) is 21.8 Å². The number of sulfonamides is 1. The van der Waals surface area contributed by atoms with Crippen LogP contribution in [0.4, 0.5) is 0 Å². The zero-order valence-electron chi connectivity index (χ0n) is 23.3. The number of hydrogen-bond acceptors (Lipinski definition) is 7. The molecule has 0 bridgehead atoms.